The number of rotatable bonds is 11. The third-order valence-electron chi connectivity index (χ3n) is 6.86. The number of fused-ring (bicyclic) bond motifs is 1. The van der Waals surface area contributed by atoms with Crippen molar-refractivity contribution in [1.29, 1.82) is 0 Å². The zero-order chi connectivity index (χ0) is 31.4. The zero-order valence-electron chi connectivity index (χ0n) is 23.5. The number of sulfonamides is 1. The summed E-state index contributed by atoms with van der Waals surface area (Å²) in [6.45, 7) is 1.49. The summed E-state index contributed by atoms with van der Waals surface area (Å²) < 4.78 is 39.0. The molecule has 16 heteroatoms. The summed E-state index contributed by atoms with van der Waals surface area (Å²) in [4.78, 5) is 25.1. The summed E-state index contributed by atoms with van der Waals surface area (Å²) >= 11 is 19.3. The molecule has 232 valence electrons. The van der Waals surface area contributed by atoms with E-state index < -0.39 is 10.0 Å². The van der Waals surface area contributed by atoms with Gasteiger partial charge >= 0.3 is 0 Å². The standard InChI is InChI=1S/C28H28Cl3N7O5S/c1-42-8-7-32-26(39)22-11-18(14-33-22)36-28-35-12-16-9-15(3-5-20(16)37-28)24-19(30)4-6-21(25(24)31)38-44(40,41)23-10-17(29)13-34-27(23)43-2/h3-6,9-10,12-13,18,22,33,38H,7-8,11,14H2,1-2H3,(H,32,39)(H,35,36,37)/t18-,22+/m0/s1. The Morgan fingerprint density at radius 3 is 2.68 bits per heavy atom. The minimum Gasteiger partial charge on any atom is -0.480 e. The van der Waals surface area contributed by atoms with E-state index in [1.807, 2.05) is 6.07 Å². The van der Waals surface area contributed by atoms with Gasteiger partial charge in [0, 0.05) is 49.6 Å². The minimum absolute atomic E-state index is 0.0308. The first-order valence-electron chi connectivity index (χ1n) is 13.3. The number of anilines is 2. The number of amides is 1. The van der Waals surface area contributed by atoms with E-state index in [-0.39, 0.29) is 44.5 Å². The van der Waals surface area contributed by atoms with Gasteiger partial charge in [0.15, 0.2) is 4.90 Å². The van der Waals surface area contributed by atoms with Crippen LogP contribution in [0.1, 0.15) is 6.42 Å². The Kier molecular flexibility index (Phi) is 9.93. The van der Waals surface area contributed by atoms with E-state index in [0.717, 1.165) is 0 Å². The van der Waals surface area contributed by atoms with Gasteiger partial charge in [0.05, 0.1) is 46.0 Å². The Morgan fingerprint density at radius 1 is 1.09 bits per heavy atom. The van der Waals surface area contributed by atoms with Crippen LogP contribution in [0, 0.1) is 0 Å². The molecule has 4 N–H and O–H groups in total. The summed E-state index contributed by atoms with van der Waals surface area (Å²) in [5.41, 5.74) is 1.80. The van der Waals surface area contributed by atoms with Gasteiger partial charge in [-0.25, -0.2) is 23.4 Å². The van der Waals surface area contributed by atoms with E-state index in [1.54, 1.807) is 31.5 Å². The average molecular weight is 681 g/mol. The van der Waals surface area contributed by atoms with Gasteiger partial charge in [-0.15, -0.1) is 0 Å². The molecule has 0 saturated carbocycles. The van der Waals surface area contributed by atoms with E-state index in [4.69, 9.17) is 44.3 Å². The lowest BCUT2D eigenvalue weighted by Crippen LogP contribution is -2.41. The molecule has 0 radical (unpaired) electrons. The number of aromatic nitrogens is 3. The molecule has 3 heterocycles. The van der Waals surface area contributed by atoms with Crippen molar-refractivity contribution in [3.8, 4) is 17.0 Å². The van der Waals surface area contributed by atoms with E-state index in [2.05, 4.69) is 35.6 Å². The highest BCUT2D eigenvalue weighted by atomic mass is 35.5. The van der Waals surface area contributed by atoms with E-state index in [0.29, 0.717) is 59.1 Å². The molecule has 0 spiro atoms. The van der Waals surface area contributed by atoms with E-state index in [9.17, 15) is 13.2 Å². The van der Waals surface area contributed by atoms with Crippen LogP contribution >= 0.6 is 34.8 Å². The SMILES string of the molecule is COCCNC(=O)[C@H]1C[C@H](Nc2ncc3cc(-c4c(Cl)ccc(NS(=O)(=O)c5cc(Cl)cnc5OC)c4Cl)ccc3n2)CN1. The van der Waals surface area contributed by atoms with Crippen LogP contribution in [-0.4, -0.2) is 75.3 Å². The molecule has 1 saturated heterocycles. The molecule has 1 aliphatic heterocycles. The summed E-state index contributed by atoms with van der Waals surface area (Å²) in [5.74, 6) is 0.229. The number of carbonyl (C=O) groups is 1. The molecule has 1 aliphatic rings. The van der Waals surface area contributed by atoms with Crippen LogP contribution in [0.4, 0.5) is 11.6 Å². The second kappa shape index (κ2) is 13.7. The number of nitrogens with one attached hydrogen (secondary N) is 4. The van der Waals surface area contributed by atoms with Crippen molar-refractivity contribution in [2.24, 2.45) is 0 Å². The van der Waals surface area contributed by atoms with Crippen LogP contribution in [0.2, 0.25) is 15.1 Å². The van der Waals surface area contributed by atoms with Gasteiger partial charge in [-0.05, 0) is 42.3 Å². The van der Waals surface area contributed by atoms with Crippen LogP contribution in [0.25, 0.3) is 22.0 Å². The predicted octanol–water partition coefficient (Wildman–Crippen LogP) is 4.37. The van der Waals surface area contributed by atoms with Crippen LogP contribution < -0.4 is 25.4 Å². The van der Waals surface area contributed by atoms with Gasteiger partial charge in [0.2, 0.25) is 17.7 Å². The maximum absolute atomic E-state index is 13.2. The summed E-state index contributed by atoms with van der Waals surface area (Å²) in [6.07, 6.45) is 3.53. The van der Waals surface area contributed by atoms with Crippen LogP contribution in [-0.2, 0) is 19.6 Å². The van der Waals surface area contributed by atoms with Gasteiger partial charge in [-0.2, -0.15) is 0 Å². The number of halogens is 3. The fraction of sp³-hybridized carbons (Fsp3) is 0.286. The average Bonchev–Trinajstić information content (AvgIpc) is 3.47. The first kappa shape index (κ1) is 31.9. The van der Waals surface area contributed by atoms with Crippen molar-refractivity contribution in [3.63, 3.8) is 0 Å². The molecule has 2 aromatic carbocycles. The Labute approximate surface area is 268 Å². The smallest absolute Gasteiger partial charge is 0.267 e. The topological polar surface area (TPSA) is 156 Å². The molecular weight excluding hydrogens is 653 g/mol. The van der Waals surface area contributed by atoms with Gasteiger partial charge in [-0.3, -0.25) is 9.52 Å². The lowest BCUT2D eigenvalue weighted by molar-refractivity contribution is -0.122. The highest BCUT2D eigenvalue weighted by Crippen LogP contribution is 2.41. The van der Waals surface area contributed by atoms with Crippen molar-refractivity contribution >= 4 is 73.3 Å². The third-order valence-corrected chi connectivity index (χ3v) is 9.13. The Bertz CT molecular complexity index is 1810. The Hall–Kier alpha value is -3.46. The van der Waals surface area contributed by atoms with Crippen LogP contribution in [0.5, 0.6) is 5.88 Å². The molecule has 1 amide bonds. The van der Waals surface area contributed by atoms with Crippen molar-refractivity contribution in [1.82, 2.24) is 25.6 Å². The molecular formula is C28H28Cl3N7O5S. The van der Waals surface area contributed by atoms with E-state index >= 15 is 0 Å². The van der Waals surface area contributed by atoms with Gasteiger partial charge < -0.3 is 25.4 Å². The van der Waals surface area contributed by atoms with Crippen LogP contribution in [0.15, 0.2) is 53.7 Å². The Morgan fingerprint density at radius 2 is 1.91 bits per heavy atom. The number of nitrogens with zero attached hydrogens (tertiary/aromatic N) is 3. The number of carbonyl (C=O) groups excluding carboxylic acids is 1. The summed E-state index contributed by atoms with van der Waals surface area (Å²) in [7, 11) is -1.30. The lowest BCUT2D eigenvalue weighted by atomic mass is 10.0. The Balaban J connectivity index is 1.34. The zero-order valence-corrected chi connectivity index (χ0v) is 26.6. The number of hydrogen-bond acceptors (Lipinski definition) is 10. The number of benzene rings is 2. The molecule has 0 unspecified atom stereocenters. The molecule has 12 nitrogen and oxygen atoms in total. The van der Waals surface area contributed by atoms with Gasteiger partial charge in [-0.1, -0.05) is 40.9 Å². The molecule has 5 rings (SSSR count). The molecule has 0 aliphatic carbocycles. The summed E-state index contributed by atoms with van der Waals surface area (Å²) in [5, 5.41) is 10.6. The highest BCUT2D eigenvalue weighted by molar-refractivity contribution is 7.92. The fourth-order valence-corrected chi connectivity index (χ4v) is 6.87. The maximum atomic E-state index is 13.2. The van der Waals surface area contributed by atoms with Crippen molar-refractivity contribution in [2.75, 3.05) is 44.0 Å². The highest BCUT2D eigenvalue weighted by Gasteiger charge is 2.30. The fourth-order valence-electron chi connectivity index (χ4n) is 4.74. The number of hydrogen-bond donors (Lipinski definition) is 4. The second-order valence-electron chi connectivity index (χ2n) is 9.84. The number of methoxy groups -OCH3 is 2. The molecule has 0 bridgehead atoms. The number of ether oxygens (including phenoxy) is 2. The summed E-state index contributed by atoms with van der Waals surface area (Å²) in [6, 6.07) is 9.28. The van der Waals surface area contributed by atoms with Gasteiger partial charge in [0.25, 0.3) is 10.0 Å². The number of pyridine rings is 1. The van der Waals surface area contributed by atoms with Crippen LogP contribution in [0.3, 0.4) is 0 Å². The lowest BCUT2D eigenvalue weighted by Gasteiger charge is -2.16. The first-order chi connectivity index (χ1) is 21.1. The molecule has 2 atom stereocenters. The van der Waals surface area contributed by atoms with Crippen molar-refractivity contribution in [2.45, 2.75) is 23.4 Å². The van der Waals surface area contributed by atoms with E-state index in [1.165, 1.54) is 25.4 Å². The molecule has 44 heavy (non-hydrogen) atoms. The molecule has 2 aromatic heterocycles. The molecule has 1 fully saturated rings. The second-order valence-corrected chi connectivity index (χ2v) is 12.7. The predicted molar refractivity (Wildman–Crippen MR) is 170 cm³/mol. The minimum atomic E-state index is -4.18. The third kappa shape index (κ3) is 7.09. The van der Waals surface area contributed by atoms with Crippen molar-refractivity contribution < 1.29 is 22.7 Å². The quantitative estimate of drug-likeness (QED) is 0.168. The molecule has 4 aromatic rings. The maximum Gasteiger partial charge on any atom is 0.267 e. The monoisotopic (exact) mass is 679 g/mol. The largest absolute Gasteiger partial charge is 0.480 e. The first-order valence-corrected chi connectivity index (χ1v) is 16.0. The van der Waals surface area contributed by atoms with Gasteiger partial charge in [0.1, 0.15) is 0 Å². The van der Waals surface area contributed by atoms with Crippen molar-refractivity contribution in [3.05, 3.63) is 63.9 Å². The normalized spacial score (nSPS) is 16.6.